The van der Waals surface area contributed by atoms with E-state index < -0.39 is 29.0 Å². The van der Waals surface area contributed by atoms with E-state index in [2.05, 4.69) is 5.32 Å². The lowest BCUT2D eigenvalue weighted by atomic mass is 9.98. The van der Waals surface area contributed by atoms with Gasteiger partial charge in [-0.15, -0.1) is 0 Å². The lowest BCUT2D eigenvalue weighted by Gasteiger charge is -2.10. The summed E-state index contributed by atoms with van der Waals surface area (Å²) in [5.74, 6) is -4.98. The van der Waals surface area contributed by atoms with Crippen molar-refractivity contribution in [3.05, 3.63) is 101 Å². The number of nitrogens with one attached hydrogen (secondary N) is 1. The van der Waals surface area contributed by atoms with Crippen molar-refractivity contribution in [2.45, 2.75) is 0 Å². The molecule has 0 aliphatic heterocycles. The topological polar surface area (TPSA) is 46.2 Å². The highest BCUT2D eigenvalue weighted by Crippen LogP contribution is 2.21. The Labute approximate surface area is 147 Å². The van der Waals surface area contributed by atoms with Gasteiger partial charge in [0, 0.05) is 23.3 Å². The van der Waals surface area contributed by atoms with E-state index in [4.69, 9.17) is 0 Å². The zero-order valence-electron chi connectivity index (χ0n) is 13.3. The monoisotopic (exact) mass is 355 g/mol. The van der Waals surface area contributed by atoms with Crippen LogP contribution in [-0.4, -0.2) is 11.7 Å². The number of hydrogen-bond acceptors (Lipinski definition) is 2. The molecular formula is C20H12F3NO2. The van der Waals surface area contributed by atoms with E-state index in [-0.39, 0.29) is 16.9 Å². The molecule has 0 saturated carbocycles. The maximum absolute atomic E-state index is 13.7. The van der Waals surface area contributed by atoms with Crippen LogP contribution in [-0.2, 0) is 0 Å². The van der Waals surface area contributed by atoms with E-state index in [1.54, 1.807) is 36.4 Å². The molecule has 0 heterocycles. The van der Waals surface area contributed by atoms with Crippen molar-refractivity contribution in [3.63, 3.8) is 0 Å². The Bertz CT molecular complexity index is 988. The third-order valence-electron chi connectivity index (χ3n) is 3.71. The lowest BCUT2D eigenvalue weighted by Crippen LogP contribution is -2.18. The predicted octanol–water partition coefficient (Wildman–Crippen LogP) is 4.59. The minimum Gasteiger partial charge on any atom is -0.319 e. The molecule has 3 aromatic rings. The molecule has 1 N–H and O–H groups in total. The molecule has 26 heavy (non-hydrogen) atoms. The van der Waals surface area contributed by atoms with Crippen molar-refractivity contribution in [3.8, 4) is 0 Å². The second-order valence-electron chi connectivity index (χ2n) is 5.44. The van der Waals surface area contributed by atoms with Crippen LogP contribution in [0.15, 0.2) is 66.7 Å². The zero-order chi connectivity index (χ0) is 18.7. The Morgan fingerprint density at radius 3 is 1.96 bits per heavy atom. The molecule has 0 fully saturated rings. The van der Waals surface area contributed by atoms with Gasteiger partial charge in [0.1, 0.15) is 5.82 Å². The Hall–Kier alpha value is -3.41. The van der Waals surface area contributed by atoms with Gasteiger partial charge in [-0.3, -0.25) is 9.59 Å². The Morgan fingerprint density at radius 1 is 0.692 bits per heavy atom. The number of amides is 1. The van der Waals surface area contributed by atoms with Crippen molar-refractivity contribution in [1.82, 2.24) is 0 Å². The first-order valence-electron chi connectivity index (χ1n) is 7.62. The SMILES string of the molecule is O=C(Nc1cc(F)c(F)cc1F)c1ccccc1C(=O)c1ccccc1. The summed E-state index contributed by atoms with van der Waals surface area (Å²) in [6.07, 6.45) is 0. The molecule has 0 aliphatic rings. The fourth-order valence-corrected chi connectivity index (χ4v) is 2.43. The summed E-state index contributed by atoms with van der Waals surface area (Å²) in [6, 6.07) is 15.2. The third-order valence-corrected chi connectivity index (χ3v) is 3.71. The summed E-state index contributed by atoms with van der Waals surface area (Å²) >= 11 is 0. The minimum absolute atomic E-state index is 0.00881. The molecule has 0 saturated heterocycles. The van der Waals surface area contributed by atoms with Crippen LogP contribution in [0, 0.1) is 17.5 Å². The number of halogens is 3. The quantitative estimate of drug-likeness (QED) is 0.550. The van der Waals surface area contributed by atoms with Crippen molar-refractivity contribution >= 4 is 17.4 Å². The number of ketones is 1. The van der Waals surface area contributed by atoms with Gasteiger partial charge in [0.05, 0.1) is 11.3 Å². The van der Waals surface area contributed by atoms with E-state index in [9.17, 15) is 22.8 Å². The van der Waals surface area contributed by atoms with Gasteiger partial charge >= 0.3 is 0 Å². The first kappa shape index (κ1) is 17.4. The molecule has 0 atom stereocenters. The van der Waals surface area contributed by atoms with Crippen LogP contribution >= 0.6 is 0 Å². The van der Waals surface area contributed by atoms with Gasteiger partial charge in [0.25, 0.3) is 5.91 Å². The van der Waals surface area contributed by atoms with Gasteiger partial charge in [-0.25, -0.2) is 13.2 Å². The van der Waals surface area contributed by atoms with Crippen molar-refractivity contribution in [2.75, 3.05) is 5.32 Å². The Balaban J connectivity index is 1.94. The van der Waals surface area contributed by atoms with Gasteiger partial charge < -0.3 is 5.32 Å². The minimum atomic E-state index is -1.36. The van der Waals surface area contributed by atoms with E-state index in [1.807, 2.05) is 0 Å². The summed E-state index contributed by atoms with van der Waals surface area (Å²) < 4.78 is 40.0. The standard InChI is InChI=1S/C20H12F3NO2/c21-15-10-17(23)18(11-16(15)22)24-20(26)14-9-5-4-8-13(14)19(25)12-6-2-1-3-7-12/h1-11H,(H,24,26). The maximum atomic E-state index is 13.7. The number of carbonyl (C=O) groups is 2. The lowest BCUT2D eigenvalue weighted by molar-refractivity contribution is 0.0996. The summed E-state index contributed by atoms with van der Waals surface area (Å²) in [5.41, 5.74) is -0.0349. The first-order chi connectivity index (χ1) is 12.5. The number of hydrogen-bond donors (Lipinski definition) is 1. The van der Waals surface area contributed by atoms with Crippen LogP contribution in [0.25, 0.3) is 0 Å². The largest absolute Gasteiger partial charge is 0.319 e. The predicted molar refractivity (Wildman–Crippen MR) is 90.6 cm³/mol. The van der Waals surface area contributed by atoms with Crippen molar-refractivity contribution in [1.29, 1.82) is 0 Å². The van der Waals surface area contributed by atoms with Gasteiger partial charge in [-0.1, -0.05) is 48.5 Å². The smallest absolute Gasteiger partial charge is 0.256 e. The Morgan fingerprint density at radius 2 is 1.27 bits per heavy atom. The molecule has 0 aliphatic carbocycles. The number of rotatable bonds is 4. The molecule has 130 valence electrons. The normalized spacial score (nSPS) is 10.4. The molecule has 1 amide bonds. The third kappa shape index (κ3) is 3.49. The Kier molecular flexibility index (Phi) is 4.84. The van der Waals surface area contributed by atoms with Gasteiger partial charge in [-0.2, -0.15) is 0 Å². The molecule has 3 aromatic carbocycles. The van der Waals surface area contributed by atoms with Gasteiger partial charge in [-0.05, 0) is 6.07 Å². The summed E-state index contributed by atoms with van der Waals surface area (Å²) in [4.78, 5) is 25.1. The fraction of sp³-hybridized carbons (Fsp3) is 0. The van der Waals surface area contributed by atoms with E-state index >= 15 is 0 Å². The van der Waals surface area contributed by atoms with Crippen LogP contribution in [0.1, 0.15) is 26.3 Å². The van der Waals surface area contributed by atoms with Crippen molar-refractivity contribution in [2.24, 2.45) is 0 Å². The molecule has 0 radical (unpaired) electrons. The van der Waals surface area contributed by atoms with E-state index in [1.165, 1.54) is 18.2 Å². The van der Waals surface area contributed by atoms with Crippen LogP contribution in [0.4, 0.5) is 18.9 Å². The highest BCUT2D eigenvalue weighted by molar-refractivity contribution is 6.17. The van der Waals surface area contributed by atoms with Crippen LogP contribution in [0.5, 0.6) is 0 Å². The molecule has 3 rings (SSSR count). The molecular weight excluding hydrogens is 343 g/mol. The zero-order valence-corrected chi connectivity index (χ0v) is 13.3. The second kappa shape index (κ2) is 7.23. The van der Waals surface area contributed by atoms with Crippen LogP contribution in [0.2, 0.25) is 0 Å². The molecule has 6 heteroatoms. The number of carbonyl (C=O) groups excluding carboxylic acids is 2. The van der Waals surface area contributed by atoms with E-state index in [0.29, 0.717) is 17.7 Å². The van der Waals surface area contributed by atoms with Crippen LogP contribution < -0.4 is 5.32 Å². The maximum Gasteiger partial charge on any atom is 0.256 e. The molecule has 0 aromatic heterocycles. The van der Waals surface area contributed by atoms with E-state index in [0.717, 1.165) is 0 Å². The summed E-state index contributed by atoms with van der Waals surface area (Å²) in [6.45, 7) is 0. The summed E-state index contributed by atoms with van der Waals surface area (Å²) in [5, 5.41) is 2.17. The highest BCUT2D eigenvalue weighted by Gasteiger charge is 2.19. The average Bonchev–Trinajstić information content (AvgIpc) is 2.66. The summed E-state index contributed by atoms with van der Waals surface area (Å²) in [7, 11) is 0. The molecule has 3 nitrogen and oxygen atoms in total. The van der Waals surface area contributed by atoms with Crippen LogP contribution in [0.3, 0.4) is 0 Å². The number of benzene rings is 3. The molecule has 0 unspecified atom stereocenters. The average molecular weight is 355 g/mol. The van der Waals surface area contributed by atoms with Gasteiger partial charge in [0.15, 0.2) is 17.4 Å². The highest BCUT2D eigenvalue weighted by atomic mass is 19.2. The second-order valence-corrected chi connectivity index (χ2v) is 5.44. The number of anilines is 1. The van der Waals surface area contributed by atoms with Crippen molar-refractivity contribution < 1.29 is 22.8 Å². The first-order valence-corrected chi connectivity index (χ1v) is 7.62. The fourth-order valence-electron chi connectivity index (χ4n) is 2.43. The molecule has 0 bridgehead atoms. The van der Waals surface area contributed by atoms with Gasteiger partial charge in [0.2, 0.25) is 0 Å². The molecule has 0 spiro atoms.